The minimum absolute atomic E-state index is 0.0821. The minimum atomic E-state index is -0.813. The van der Waals surface area contributed by atoms with Crippen molar-refractivity contribution < 1.29 is 9.90 Å². The fourth-order valence-electron chi connectivity index (χ4n) is 2.16. The van der Waals surface area contributed by atoms with Gasteiger partial charge in [-0.05, 0) is 24.1 Å². The number of carboxylic acids is 1. The molecule has 0 fully saturated rings. The van der Waals surface area contributed by atoms with Crippen LogP contribution in [0.1, 0.15) is 26.0 Å². The zero-order chi connectivity index (χ0) is 15.2. The van der Waals surface area contributed by atoms with Gasteiger partial charge in [0.15, 0.2) is 0 Å². The second-order valence-electron chi connectivity index (χ2n) is 5.17. The second-order valence-corrected chi connectivity index (χ2v) is 5.17. The molecule has 0 aliphatic rings. The van der Waals surface area contributed by atoms with Crippen molar-refractivity contribution in [3.05, 3.63) is 48.3 Å². The van der Waals surface area contributed by atoms with Gasteiger partial charge in [-0.25, -0.2) is 4.68 Å². The van der Waals surface area contributed by atoms with Crippen LogP contribution in [-0.2, 0) is 11.3 Å². The van der Waals surface area contributed by atoms with Crippen molar-refractivity contribution in [3.8, 4) is 5.69 Å². The molecule has 112 valence electrons. The van der Waals surface area contributed by atoms with Crippen molar-refractivity contribution in [1.82, 2.24) is 15.1 Å². The molecule has 2 N–H and O–H groups in total. The van der Waals surface area contributed by atoms with Gasteiger partial charge in [0.1, 0.15) is 6.04 Å². The molecule has 1 heterocycles. The highest BCUT2D eigenvalue weighted by Crippen LogP contribution is 2.10. The van der Waals surface area contributed by atoms with Gasteiger partial charge in [0.2, 0.25) is 0 Å². The summed E-state index contributed by atoms with van der Waals surface area (Å²) in [4.78, 5) is 11.3. The van der Waals surface area contributed by atoms with Crippen molar-refractivity contribution >= 4 is 5.97 Å². The summed E-state index contributed by atoms with van der Waals surface area (Å²) in [5.41, 5.74) is 1.81. The van der Waals surface area contributed by atoms with Crippen LogP contribution in [0.2, 0.25) is 0 Å². The largest absolute Gasteiger partial charge is 0.480 e. The Labute approximate surface area is 124 Å². The zero-order valence-electron chi connectivity index (χ0n) is 12.4. The van der Waals surface area contributed by atoms with Gasteiger partial charge in [0, 0.05) is 12.7 Å². The lowest BCUT2D eigenvalue weighted by molar-refractivity contribution is -0.140. The molecule has 2 aromatic rings. The van der Waals surface area contributed by atoms with Crippen LogP contribution in [0.4, 0.5) is 0 Å². The summed E-state index contributed by atoms with van der Waals surface area (Å²) in [5.74, 6) is -0.731. The molecule has 0 bridgehead atoms. The predicted octanol–water partition coefficient (Wildman–Crippen LogP) is 2.46. The monoisotopic (exact) mass is 287 g/mol. The van der Waals surface area contributed by atoms with E-state index >= 15 is 0 Å². The maximum absolute atomic E-state index is 11.3. The highest BCUT2D eigenvalue weighted by Gasteiger charge is 2.22. The van der Waals surface area contributed by atoms with Crippen LogP contribution >= 0.6 is 0 Å². The van der Waals surface area contributed by atoms with Crippen LogP contribution < -0.4 is 5.32 Å². The van der Waals surface area contributed by atoms with E-state index in [2.05, 4.69) is 10.4 Å². The van der Waals surface area contributed by atoms with Gasteiger partial charge in [0.25, 0.3) is 0 Å². The highest BCUT2D eigenvalue weighted by atomic mass is 16.4. The molecule has 1 aromatic carbocycles. The first-order valence-corrected chi connectivity index (χ1v) is 7.18. The maximum Gasteiger partial charge on any atom is 0.320 e. The molecule has 0 saturated carbocycles. The van der Waals surface area contributed by atoms with Crippen molar-refractivity contribution in [2.24, 2.45) is 5.92 Å². The van der Waals surface area contributed by atoms with Crippen LogP contribution in [0, 0.1) is 5.92 Å². The number of carbonyl (C=O) groups is 1. The van der Waals surface area contributed by atoms with E-state index in [1.807, 2.05) is 56.4 Å². The summed E-state index contributed by atoms with van der Waals surface area (Å²) in [7, 11) is 0. The van der Waals surface area contributed by atoms with E-state index < -0.39 is 12.0 Å². The summed E-state index contributed by atoms with van der Waals surface area (Å²) in [6.07, 6.45) is 2.70. The van der Waals surface area contributed by atoms with Gasteiger partial charge >= 0.3 is 5.97 Å². The normalized spacial score (nSPS) is 13.8. The number of rotatable bonds is 7. The lowest BCUT2D eigenvalue weighted by atomic mass is 9.99. The number of aromatic nitrogens is 2. The maximum atomic E-state index is 11.3. The van der Waals surface area contributed by atoms with Crippen molar-refractivity contribution in [2.45, 2.75) is 32.9 Å². The Morgan fingerprint density at radius 2 is 2.05 bits per heavy atom. The molecule has 0 radical (unpaired) electrons. The molecule has 5 nitrogen and oxygen atoms in total. The summed E-state index contributed by atoms with van der Waals surface area (Å²) in [6, 6.07) is 11.2. The van der Waals surface area contributed by atoms with Crippen LogP contribution in [0.15, 0.2) is 42.6 Å². The number of nitrogens with one attached hydrogen (secondary N) is 1. The molecular formula is C16H21N3O2. The molecule has 0 aliphatic carbocycles. The minimum Gasteiger partial charge on any atom is -0.480 e. The Bertz CT molecular complexity index is 580. The number of hydrogen-bond acceptors (Lipinski definition) is 3. The van der Waals surface area contributed by atoms with E-state index in [-0.39, 0.29) is 5.92 Å². The average molecular weight is 287 g/mol. The Morgan fingerprint density at radius 1 is 1.33 bits per heavy atom. The van der Waals surface area contributed by atoms with Gasteiger partial charge in [-0.3, -0.25) is 10.1 Å². The summed E-state index contributed by atoms with van der Waals surface area (Å²) < 4.78 is 1.79. The number of hydrogen-bond donors (Lipinski definition) is 2. The molecule has 0 amide bonds. The number of nitrogens with zero attached hydrogens (tertiary/aromatic N) is 2. The van der Waals surface area contributed by atoms with Crippen molar-refractivity contribution in [3.63, 3.8) is 0 Å². The molecule has 2 atom stereocenters. The van der Waals surface area contributed by atoms with Gasteiger partial charge in [-0.2, -0.15) is 5.10 Å². The number of carboxylic acid groups (broad SMARTS) is 1. The predicted molar refractivity (Wildman–Crippen MR) is 81.3 cm³/mol. The molecule has 5 heteroatoms. The van der Waals surface area contributed by atoms with Crippen LogP contribution in [0.5, 0.6) is 0 Å². The van der Waals surface area contributed by atoms with Gasteiger partial charge in [-0.15, -0.1) is 0 Å². The summed E-state index contributed by atoms with van der Waals surface area (Å²) in [6.45, 7) is 4.38. The van der Waals surface area contributed by atoms with Gasteiger partial charge in [-0.1, -0.05) is 38.5 Å². The summed E-state index contributed by atoms with van der Waals surface area (Å²) in [5, 5.41) is 16.8. The first-order chi connectivity index (χ1) is 10.1. The van der Waals surface area contributed by atoms with E-state index in [1.165, 1.54) is 0 Å². The lowest BCUT2D eigenvalue weighted by Gasteiger charge is -2.19. The third-order valence-electron chi connectivity index (χ3n) is 3.65. The molecule has 0 unspecified atom stereocenters. The topological polar surface area (TPSA) is 67.2 Å². The van der Waals surface area contributed by atoms with Crippen LogP contribution in [-0.4, -0.2) is 26.9 Å². The average Bonchev–Trinajstić information content (AvgIpc) is 2.96. The molecule has 0 aliphatic heterocycles. The quantitative estimate of drug-likeness (QED) is 0.821. The smallest absolute Gasteiger partial charge is 0.320 e. The third-order valence-corrected chi connectivity index (χ3v) is 3.65. The summed E-state index contributed by atoms with van der Waals surface area (Å²) >= 11 is 0. The third kappa shape index (κ3) is 3.92. The molecule has 0 saturated heterocycles. The fourth-order valence-corrected chi connectivity index (χ4v) is 2.16. The number of benzene rings is 1. The first-order valence-electron chi connectivity index (χ1n) is 7.18. The molecular weight excluding hydrogens is 266 g/mol. The van der Waals surface area contributed by atoms with Gasteiger partial charge < -0.3 is 5.11 Å². The van der Waals surface area contributed by atoms with Crippen LogP contribution in [0.3, 0.4) is 0 Å². The highest BCUT2D eigenvalue weighted by molar-refractivity contribution is 5.73. The fraction of sp³-hybridized carbons (Fsp3) is 0.375. The molecule has 1 aromatic heterocycles. The SMILES string of the molecule is CC[C@H](C)[C@H](NCc1ccn(-c2ccccc2)n1)C(=O)O. The standard InChI is InChI=1S/C16H21N3O2/c1-3-12(2)15(16(20)21)17-11-13-9-10-19(18-13)14-7-5-4-6-8-14/h4-10,12,15,17H,3,11H2,1-2H3,(H,20,21)/t12-,15-/m0/s1. The van der Waals surface area contributed by atoms with Crippen LogP contribution in [0.25, 0.3) is 5.69 Å². The Hall–Kier alpha value is -2.14. The van der Waals surface area contributed by atoms with Crippen molar-refractivity contribution in [2.75, 3.05) is 0 Å². The number of para-hydroxylation sites is 1. The molecule has 0 spiro atoms. The van der Waals surface area contributed by atoms with Gasteiger partial charge in [0.05, 0.1) is 11.4 Å². The van der Waals surface area contributed by atoms with E-state index in [4.69, 9.17) is 0 Å². The molecule has 21 heavy (non-hydrogen) atoms. The lowest BCUT2D eigenvalue weighted by Crippen LogP contribution is -2.41. The van der Waals surface area contributed by atoms with E-state index in [0.29, 0.717) is 6.54 Å². The Kier molecular flexibility index (Phi) is 5.11. The Balaban J connectivity index is 2.01. The molecule has 2 rings (SSSR count). The first kappa shape index (κ1) is 15.3. The van der Waals surface area contributed by atoms with E-state index in [1.54, 1.807) is 4.68 Å². The number of aliphatic carboxylic acids is 1. The van der Waals surface area contributed by atoms with E-state index in [9.17, 15) is 9.90 Å². The zero-order valence-corrected chi connectivity index (χ0v) is 12.4. The Morgan fingerprint density at radius 3 is 2.67 bits per heavy atom. The van der Waals surface area contributed by atoms with E-state index in [0.717, 1.165) is 17.8 Å². The second kappa shape index (κ2) is 7.04. The van der Waals surface area contributed by atoms with Crippen molar-refractivity contribution in [1.29, 1.82) is 0 Å².